The number of hydrogen-bond donors (Lipinski definition) is 0. The number of halogens is 4. The summed E-state index contributed by atoms with van der Waals surface area (Å²) in [6, 6.07) is 3.38. The molecule has 2 rings (SSSR count). The lowest BCUT2D eigenvalue weighted by Crippen LogP contribution is -2.16. The molecule has 1 aromatic carbocycles. The van der Waals surface area contributed by atoms with Crippen LogP contribution in [0.3, 0.4) is 0 Å². The molecule has 0 spiro atoms. The average molecular weight is 277 g/mol. The van der Waals surface area contributed by atoms with E-state index in [0.717, 1.165) is 5.56 Å². The average Bonchev–Trinajstić information content (AvgIpc) is 2.53. The summed E-state index contributed by atoms with van der Waals surface area (Å²) in [4.78, 5) is 4.06. The lowest BCUT2D eigenvalue weighted by Gasteiger charge is -2.08. The maximum Gasteiger partial charge on any atom is 0.396 e. The van der Waals surface area contributed by atoms with Crippen molar-refractivity contribution in [1.29, 1.82) is 0 Å². The highest BCUT2D eigenvalue weighted by Crippen LogP contribution is 2.27. The van der Waals surface area contributed by atoms with Crippen molar-refractivity contribution in [2.24, 2.45) is 0 Å². The summed E-state index contributed by atoms with van der Waals surface area (Å²) in [5.74, 6) is 0.0293. The fourth-order valence-corrected chi connectivity index (χ4v) is 2.12. The largest absolute Gasteiger partial charge is 0.396 e. The summed E-state index contributed by atoms with van der Waals surface area (Å²) in [5.41, 5.74) is 2.01. The van der Waals surface area contributed by atoms with Crippen LogP contribution in [-0.4, -0.2) is 15.7 Å². The van der Waals surface area contributed by atoms with Crippen LogP contribution < -0.4 is 0 Å². The number of rotatable bonds is 2. The van der Waals surface area contributed by atoms with Crippen molar-refractivity contribution in [3.05, 3.63) is 28.5 Å². The Labute approximate surface area is 107 Å². The van der Waals surface area contributed by atoms with Gasteiger partial charge in [-0.25, -0.2) is 4.98 Å². The molecule has 2 nitrogen and oxygen atoms in total. The predicted molar refractivity (Wildman–Crippen MR) is 64.9 cm³/mol. The second-order valence-corrected chi connectivity index (χ2v) is 4.56. The lowest BCUT2D eigenvalue weighted by molar-refractivity contribution is -0.128. The summed E-state index contributed by atoms with van der Waals surface area (Å²) in [6.45, 7) is 4.02. The molecule has 0 aliphatic rings. The minimum Gasteiger partial charge on any atom is -0.328 e. The Morgan fingerprint density at radius 3 is 2.56 bits per heavy atom. The van der Waals surface area contributed by atoms with Crippen molar-refractivity contribution >= 4 is 22.6 Å². The fourth-order valence-electron chi connectivity index (χ4n) is 1.97. The van der Waals surface area contributed by atoms with Gasteiger partial charge in [0.25, 0.3) is 0 Å². The van der Waals surface area contributed by atoms with E-state index < -0.39 is 12.6 Å². The molecule has 0 atom stereocenters. The van der Waals surface area contributed by atoms with Gasteiger partial charge in [-0.3, -0.25) is 0 Å². The first-order valence-corrected chi connectivity index (χ1v) is 5.91. The number of aryl methyl sites for hydroxylation is 2. The minimum absolute atomic E-state index is 0.0293. The Morgan fingerprint density at radius 2 is 2.00 bits per heavy atom. The Kier molecular flexibility index (Phi) is 3.27. The van der Waals surface area contributed by atoms with Gasteiger partial charge >= 0.3 is 6.18 Å². The van der Waals surface area contributed by atoms with Crippen LogP contribution in [0.25, 0.3) is 11.0 Å². The Hall–Kier alpha value is -1.23. The zero-order valence-corrected chi connectivity index (χ0v) is 10.7. The molecule has 0 bridgehead atoms. The van der Waals surface area contributed by atoms with Crippen LogP contribution in [0, 0.1) is 6.92 Å². The number of alkyl halides is 3. The zero-order chi connectivity index (χ0) is 13.5. The SMILES string of the molecule is CCn1c(CC(F)(F)F)nc2cc(C)c(Cl)cc21. The molecule has 2 aromatic rings. The predicted octanol–water partition coefficient (Wildman–Crippen LogP) is 4.12. The first-order valence-electron chi connectivity index (χ1n) is 5.54. The first-order chi connectivity index (χ1) is 8.31. The molecule has 18 heavy (non-hydrogen) atoms. The van der Waals surface area contributed by atoms with Crippen LogP contribution in [0.1, 0.15) is 18.3 Å². The maximum atomic E-state index is 12.5. The Bertz CT molecular complexity index is 587. The summed E-state index contributed by atoms with van der Waals surface area (Å²) in [7, 11) is 0. The van der Waals surface area contributed by atoms with Crippen molar-refractivity contribution in [2.45, 2.75) is 33.0 Å². The number of hydrogen-bond acceptors (Lipinski definition) is 1. The molecule has 0 unspecified atom stereocenters. The molecule has 0 fully saturated rings. The van der Waals surface area contributed by atoms with Gasteiger partial charge in [0, 0.05) is 11.6 Å². The van der Waals surface area contributed by atoms with E-state index in [1.165, 1.54) is 0 Å². The van der Waals surface area contributed by atoms with Gasteiger partial charge in [-0.05, 0) is 31.5 Å². The number of aromatic nitrogens is 2. The molecule has 98 valence electrons. The molecule has 0 saturated heterocycles. The van der Waals surface area contributed by atoms with Gasteiger partial charge in [-0.1, -0.05) is 11.6 Å². The monoisotopic (exact) mass is 276 g/mol. The molecular formula is C12H12ClF3N2. The molecular weight excluding hydrogens is 265 g/mol. The topological polar surface area (TPSA) is 17.8 Å². The molecule has 6 heteroatoms. The summed E-state index contributed by atoms with van der Waals surface area (Å²) < 4.78 is 38.9. The molecule has 0 radical (unpaired) electrons. The molecule has 1 aromatic heterocycles. The van der Waals surface area contributed by atoms with Crippen LogP contribution in [0.2, 0.25) is 5.02 Å². The molecule has 0 aliphatic carbocycles. The molecule has 1 heterocycles. The number of imidazole rings is 1. The quantitative estimate of drug-likeness (QED) is 0.807. The molecule has 0 aliphatic heterocycles. The summed E-state index contributed by atoms with van der Waals surface area (Å²) in [5, 5.41) is 0.538. The fraction of sp³-hybridized carbons (Fsp3) is 0.417. The van der Waals surface area contributed by atoms with Gasteiger partial charge in [-0.15, -0.1) is 0 Å². The van der Waals surface area contributed by atoms with E-state index in [2.05, 4.69) is 4.98 Å². The van der Waals surface area contributed by atoms with Gasteiger partial charge in [0.15, 0.2) is 0 Å². The second kappa shape index (κ2) is 4.46. The summed E-state index contributed by atoms with van der Waals surface area (Å²) in [6.07, 6.45) is -5.28. The highest BCUT2D eigenvalue weighted by Gasteiger charge is 2.30. The maximum absolute atomic E-state index is 12.5. The van der Waals surface area contributed by atoms with E-state index in [1.807, 2.05) is 0 Å². The van der Waals surface area contributed by atoms with Gasteiger partial charge in [0.1, 0.15) is 12.2 Å². The molecule has 0 amide bonds. The van der Waals surface area contributed by atoms with Crippen molar-refractivity contribution in [3.63, 3.8) is 0 Å². The van der Waals surface area contributed by atoms with E-state index in [-0.39, 0.29) is 5.82 Å². The molecule has 0 N–H and O–H groups in total. The van der Waals surface area contributed by atoms with E-state index in [4.69, 9.17) is 11.6 Å². The van der Waals surface area contributed by atoms with Crippen LogP contribution in [0.4, 0.5) is 13.2 Å². The van der Waals surface area contributed by atoms with Crippen molar-refractivity contribution < 1.29 is 13.2 Å². The first kappa shape index (κ1) is 13.2. The van der Waals surface area contributed by atoms with E-state index in [1.54, 1.807) is 30.5 Å². The third-order valence-corrected chi connectivity index (χ3v) is 3.19. The van der Waals surface area contributed by atoms with Crippen molar-refractivity contribution in [2.75, 3.05) is 0 Å². The van der Waals surface area contributed by atoms with Crippen LogP contribution in [0.5, 0.6) is 0 Å². The molecule has 0 saturated carbocycles. The second-order valence-electron chi connectivity index (χ2n) is 4.15. The smallest absolute Gasteiger partial charge is 0.328 e. The van der Waals surface area contributed by atoms with Gasteiger partial charge in [0.2, 0.25) is 0 Å². The van der Waals surface area contributed by atoms with Crippen LogP contribution in [0.15, 0.2) is 12.1 Å². The number of fused-ring (bicyclic) bond motifs is 1. The van der Waals surface area contributed by atoms with E-state index in [0.29, 0.717) is 22.6 Å². The van der Waals surface area contributed by atoms with Gasteiger partial charge in [-0.2, -0.15) is 13.2 Å². The van der Waals surface area contributed by atoms with Gasteiger partial charge in [0.05, 0.1) is 11.0 Å². The third-order valence-electron chi connectivity index (χ3n) is 2.78. The van der Waals surface area contributed by atoms with Crippen LogP contribution in [-0.2, 0) is 13.0 Å². The third kappa shape index (κ3) is 2.46. The number of nitrogens with zero attached hydrogens (tertiary/aromatic N) is 2. The highest BCUT2D eigenvalue weighted by atomic mass is 35.5. The number of benzene rings is 1. The Balaban J connectivity index is 2.61. The summed E-state index contributed by atoms with van der Waals surface area (Å²) >= 11 is 6.00. The standard InChI is InChI=1S/C12H12ClF3N2/c1-3-18-10-5-8(13)7(2)4-9(10)17-11(18)6-12(14,15)16/h4-5H,3,6H2,1-2H3. The van der Waals surface area contributed by atoms with Crippen molar-refractivity contribution in [1.82, 2.24) is 9.55 Å². The van der Waals surface area contributed by atoms with Crippen molar-refractivity contribution in [3.8, 4) is 0 Å². The highest BCUT2D eigenvalue weighted by molar-refractivity contribution is 6.32. The zero-order valence-electron chi connectivity index (χ0n) is 9.98. The Morgan fingerprint density at radius 1 is 1.33 bits per heavy atom. The van der Waals surface area contributed by atoms with E-state index >= 15 is 0 Å². The van der Waals surface area contributed by atoms with Crippen LogP contribution >= 0.6 is 11.6 Å². The minimum atomic E-state index is -4.26. The normalized spacial score (nSPS) is 12.3. The lowest BCUT2D eigenvalue weighted by atomic mass is 10.2. The van der Waals surface area contributed by atoms with Gasteiger partial charge < -0.3 is 4.57 Å². The van der Waals surface area contributed by atoms with E-state index in [9.17, 15) is 13.2 Å².